The van der Waals surface area contributed by atoms with Gasteiger partial charge in [-0.3, -0.25) is 4.31 Å². The third-order valence-electron chi connectivity index (χ3n) is 2.46. The average Bonchev–Trinajstić information content (AvgIpc) is 2.31. The fourth-order valence-electron chi connectivity index (χ4n) is 1.51. The summed E-state index contributed by atoms with van der Waals surface area (Å²) in [4.78, 5) is 0.332. The number of hydrogen-bond donors (Lipinski definition) is 0. The first-order valence-corrected chi connectivity index (χ1v) is 6.54. The summed E-state index contributed by atoms with van der Waals surface area (Å²) < 4.78 is 25.6. The number of benzene rings is 1. The van der Waals surface area contributed by atoms with Crippen molar-refractivity contribution < 1.29 is 8.42 Å². The lowest BCUT2D eigenvalue weighted by Crippen LogP contribution is -2.27. The molecule has 1 aromatic rings. The van der Waals surface area contributed by atoms with E-state index in [-0.39, 0.29) is 0 Å². The topological polar surface area (TPSA) is 37.4 Å². The smallest absolute Gasteiger partial charge is 0.264 e. The van der Waals surface area contributed by atoms with E-state index in [0.29, 0.717) is 17.9 Å². The molecule has 3 nitrogen and oxygen atoms in total. The Kier molecular flexibility index (Phi) is 2.86. The summed E-state index contributed by atoms with van der Waals surface area (Å²) in [6, 6.07) is 6.88. The summed E-state index contributed by atoms with van der Waals surface area (Å²) >= 11 is 0. The van der Waals surface area contributed by atoms with E-state index in [1.807, 2.05) is 13.0 Å². The van der Waals surface area contributed by atoms with Gasteiger partial charge in [-0.1, -0.05) is 17.7 Å². The van der Waals surface area contributed by atoms with Gasteiger partial charge in [0, 0.05) is 6.54 Å². The summed E-state index contributed by atoms with van der Waals surface area (Å²) in [5.41, 5.74) is 3.87. The van der Waals surface area contributed by atoms with Crippen molar-refractivity contribution in [2.75, 3.05) is 6.54 Å². The summed E-state index contributed by atoms with van der Waals surface area (Å²) in [5, 5.41) is 0. The SMILES string of the molecule is Cc1ccc(S(=O)(=O)N2C=C=CCC2)cc1. The Morgan fingerprint density at radius 3 is 2.50 bits per heavy atom. The molecule has 1 heterocycles. The molecule has 4 heteroatoms. The zero-order chi connectivity index (χ0) is 11.6. The molecule has 0 atom stereocenters. The van der Waals surface area contributed by atoms with Gasteiger partial charge in [-0.05, 0) is 31.6 Å². The van der Waals surface area contributed by atoms with Crippen LogP contribution < -0.4 is 0 Å². The Balaban J connectivity index is 2.39. The lowest BCUT2D eigenvalue weighted by molar-refractivity contribution is 0.498. The molecule has 0 fully saturated rings. The van der Waals surface area contributed by atoms with Crippen LogP contribution in [0.15, 0.2) is 47.2 Å². The third-order valence-corrected chi connectivity index (χ3v) is 4.23. The Bertz CT molecular complexity index is 537. The van der Waals surface area contributed by atoms with Gasteiger partial charge >= 0.3 is 0 Å². The maximum Gasteiger partial charge on any atom is 0.264 e. The normalized spacial score (nSPS) is 15.4. The van der Waals surface area contributed by atoms with Gasteiger partial charge in [0.05, 0.1) is 11.1 Å². The van der Waals surface area contributed by atoms with E-state index in [9.17, 15) is 8.42 Å². The first kappa shape index (κ1) is 11.0. The molecule has 0 amide bonds. The third kappa shape index (κ3) is 2.03. The summed E-state index contributed by atoms with van der Waals surface area (Å²) in [6.45, 7) is 2.42. The number of aryl methyl sites for hydroxylation is 1. The monoisotopic (exact) mass is 235 g/mol. The molecule has 0 bridgehead atoms. The zero-order valence-corrected chi connectivity index (χ0v) is 9.87. The van der Waals surface area contributed by atoms with Gasteiger partial charge in [0.25, 0.3) is 10.0 Å². The Hall–Kier alpha value is -1.51. The second-order valence-electron chi connectivity index (χ2n) is 3.72. The van der Waals surface area contributed by atoms with Crippen molar-refractivity contribution in [3.8, 4) is 0 Å². The fraction of sp³-hybridized carbons (Fsp3) is 0.250. The van der Waals surface area contributed by atoms with Crippen molar-refractivity contribution in [1.82, 2.24) is 4.31 Å². The highest BCUT2D eigenvalue weighted by Crippen LogP contribution is 2.18. The van der Waals surface area contributed by atoms with Crippen molar-refractivity contribution in [3.05, 3.63) is 47.8 Å². The van der Waals surface area contributed by atoms with Crippen LogP contribution in [0.25, 0.3) is 0 Å². The van der Waals surface area contributed by atoms with E-state index in [4.69, 9.17) is 0 Å². The minimum absolute atomic E-state index is 0.332. The lowest BCUT2D eigenvalue weighted by atomic mass is 10.2. The molecule has 1 aliphatic heterocycles. The molecule has 84 valence electrons. The van der Waals surface area contributed by atoms with Crippen LogP contribution in [0.2, 0.25) is 0 Å². The molecule has 16 heavy (non-hydrogen) atoms. The van der Waals surface area contributed by atoms with E-state index in [1.165, 1.54) is 10.5 Å². The van der Waals surface area contributed by atoms with Gasteiger partial charge < -0.3 is 0 Å². The molecule has 1 aliphatic rings. The minimum atomic E-state index is -3.38. The van der Waals surface area contributed by atoms with Gasteiger partial charge in [-0.15, -0.1) is 5.73 Å². The molecular formula is C12H13NO2S. The van der Waals surface area contributed by atoms with Crippen molar-refractivity contribution in [1.29, 1.82) is 0 Å². The van der Waals surface area contributed by atoms with Crippen LogP contribution in [0.1, 0.15) is 12.0 Å². The minimum Gasteiger partial charge on any atom is -0.266 e. The first-order chi connectivity index (χ1) is 7.60. The Labute approximate surface area is 95.8 Å². The van der Waals surface area contributed by atoms with Crippen LogP contribution in [0, 0.1) is 6.92 Å². The largest absolute Gasteiger partial charge is 0.266 e. The molecule has 0 unspecified atom stereocenters. The predicted molar refractivity (Wildman–Crippen MR) is 62.3 cm³/mol. The Morgan fingerprint density at radius 2 is 1.94 bits per heavy atom. The molecule has 0 saturated carbocycles. The quantitative estimate of drug-likeness (QED) is 0.736. The van der Waals surface area contributed by atoms with Gasteiger partial charge in [0.1, 0.15) is 0 Å². The van der Waals surface area contributed by atoms with E-state index < -0.39 is 10.0 Å². The van der Waals surface area contributed by atoms with Crippen molar-refractivity contribution >= 4 is 10.0 Å². The predicted octanol–water partition coefficient (Wildman–Crippen LogP) is 2.06. The number of nitrogens with zero attached hydrogens (tertiary/aromatic N) is 1. The van der Waals surface area contributed by atoms with E-state index >= 15 is 0 Å². The fourth-order valence-corrected chi connectivity index (χ4v) is 2.81. The van der Waals surface area contributed by atoms with Crippen LogP contribution in [0.4, 0.5) is 0 Å². The first-order valence-electron chi connectivity index (χ1n) is 5.10. The van der Waals surface area contributed by atoms with E-state index in [2.05, 4.69) is 5.73 Å². The van der Waals surface area contributed by atoms with Crippen molar-refractivity contribution in [2.45, 2.75) is 18.2 Å². The maximum atomic E-state index is 12.1. The molecule has 0 aromatic heterocycles. The van der Waals surface area contributed by atoms with Crippen LogP contribution in [0.5, 0.6) is 0 Å². The van der Waals surface area contributed by atoms with Crippen molar-refractivity contribution in [3.63, 3.8) is 0 Å². The Morgan fingerprint density at radius 1 is 1.25 bits per heavy atom. The molecule has 1 aromatic carbocycles. The number of hydrogen-bond acceptors (Lipinski definition) is 2. The highest BCUT2D eigenvalue weighted by atomic mass is 32.2. The average molecular weight is 235 g/mol. The molecule has 2 rings (SSSR count). The summed E-state index contributed by atoms with van der Waals surface area (Å²) in [6.07, 6.45) is 4.03. The van der Waals surface area contributed by atoms with Gasteiger partial charge in [-0.2, -0.15) is 0 Å². The highest BCUT2D eigenvalue weighted by Gasteiger charge is 2.21. The van der Waals surface area contributed by atoms with Crippen LogP contribution in [-0.4, -0.2) is 19.3 Å². The van der Waals surface area contributed by atoms with Gasteiger partial charge in [0.2, 0.25) is 0 Å². The molecule has 0 radical (unpaired) electrons. The van der Waals surface area contributed by atoms with Crippen LogP contribution >= 0.6 is 0 Å². The molecule has 0 aliphatic carbocycles. The molecule has 0 spiro atoms. The highest BCUT2D eigenvalue weighted by molar-refractivity contribution is 7.89. The standard InChI is InChI=1S/C12H13NO2S/c1-11-5-7-12(8-6-11)16(14,15)13-9-3-2-4-10-13/h2,5-8,10H,3,9H2,1H3. The van der Waals surface area contributed by atoms with E-state index in [0.717, 1.165) is 5.56 Å². The van der Waals surface area contributed by atoms with E-state index in [1.54, 1.807) is 24.3 Å². The molecule has 0 saturated heterocycles. The van der Waals surface area contributed by atoms with Gasteiger partial charge in [0.15, 0.2) is 0 Å². The zero-order valence-electron chi connectivity index (χ0n) is 9.05. The number of sulfonamides is 1. The lowest BCUT2D eigenvalue weighted by Gasteiger charge is -2.20. The van der Waals surface area contributed by atoms with Crippen LogP contribution in [-0.2, 0) is 10.0 Å². The second kappa shape index (κ2) is 4.16. The maximum absolute atomic E-state index is 12.1. The summed E-state index contributed by atoms with van der Waals surface area (Å²) in [7, 11) is -3.38. The number of rotatable bonds is 2. The molecule has 0 N–H and O–H groups in total. The van der Waals surface area contributed by atoms with Crippen LogP contribution in [0.3, 0.4) is 0 Å². The second-order valence-corrected chi connectivity index (χ2v) is 5.61. The summed E-state index contributed by atoms with van der Waals surface area (Å²) in [5.74, 6) is 0. The van der Waals surface area contributed by atoms with Crippen molar-refractivity contribution in [2.24, 2.45) is 0 Å². The molecular weight excluding hydrogens is 222 g/mol. The van der Waals surface area contributed by atoms with Gasteiger partial charge in [-0.25, -0.2) is 8.42 Å².